The summed E-state index contributed by atoms with van der Waals surface area (Å²) < 4.78 is 7.90. The summed E-state index contributed by atoms with van der Waals surface area (Å²) in [5.41, 5.74) is 9.27. The number of fused-ring (bicyclic) bond motifs is 1. The number of hydrogen-bond donors (Lipinski definition) is 2. The van der Waals surface area contributed by atoms with E-state index in [1.165, 1.54) is 19.3 Å². The molecule has 212 valence electrons. The van der Waals surface area contributed by atoms with Crippen molar-refractivity contribution >= 4 is 17.7 Å². The molecule has 1 unspecified atom stereocenters. The molecule has 3 N–H and O–H groups in total. The molecular weight excluding hydrogens is 502 g/mol. The molecule has 4 heterocycles. The van der Waals surface area contributed by atoms with E-state index in [-0.39, 0.29) is 6.29 Å². The Morgan fingerprint density at radius 2 is 1.85 bits per heavy atom. The number of methoxy groups -OCH3 is 1. The van der Waals surface area contributed by atoms with E-state index < -0.39 is 0 Å². The van der Waals surface area contributed by atoms with Gasteiger partial charge in [0.2, 0.25) is 0 Å². The van der Waals surface area contributed by atoms with Crippen LogP contribution >= 0.6 is 0 Å². The molecule has 1 aromatic carbocycles. The van der Waals surface area contributed by atoms with Gasteiger partial charge in [-0.15, -0.1) is 0 Å². The van der Waals surface area contributed by atoms with Crippen LogP contribution in [0.3, 0.4) is 0 Å². The first-order valence-corrected chi connectivity index (χ1v) is 14.5. The van der Waals surface area contributed by atoms with Crippen molar-refractivity contribution in [2.75, 3.05) is 57.9 Å². The standard InChI is InChI=1S/C30H41N9O/c1-36-12-14-37(15-13-36)16-17-38-20-24(19-33-38)22-8-9-26(27(18-22)40-2)34-30-35-28-23(10-11-32-29(28)31)21-39(30)25-6-4-3-5-7-25/h8-11,18-21,25,30,34H,3-7,12-17H2,1-2H3,(H2,31,32). The average Bonchev–Trinajstić information content (AvgIpc) is 3.47. The maximum atomic E-state index is 6.22. The van der Waals surface area contributed by atoms with Gasteiger partial charge in [-0.05, 0) is 43.7 Å². The Kier molecular flexibility index (Phi) is 7.88. The predicted octanol–water partition coefficient (Wildman–Crippen LogP) is 2.18. The summed E-state index contributed by atoms with van der Waals surface area (Å²) in [5, 5.41) is 10.0. The first-order valence-electron chi connectivity index (χ1n) is 14.5. The fourth-order valence-electron chi connectivity index (χ4n) is 6.02. The molecule has 1 saturated carbocycles. The van der Waals surface area contributed by atoms with Crippen molar-refractivity contribution in [3.05, 3.63) is 53.4 Å². The number of nitrogen functional groups attached to an aromatic ring is 1. The highest BCUT2D eigenvalue weighted by molar-refractivity contribution is 5.70. The topological polar surface area (TPSA) is 100 Å². The van der Waals surface area contributed by atoms with Crippen LogP contribution in [-0.2, 0) is 6.54 Å². The van der Waals surface area contributed by atoms with Crippen LogP contribution in [0.5, 0.6) is 5.75 Å². The second kappa shape index (κ2) is 11.9. The normalized spacial score (nSPS) is 20.4. The van der Waals surface area contributed by atoms with Crippen molar-refractivity contribution < 1.29 is 4.74 Å². The lowest BCUT2D eigenvalue weighted by molar-refractivity contribution is 0.149. The van der Waals surface area contributed by atoms with Crippen molar-refractivity contribution in [2.45, 2.75) is 51.0 Å². The Balaban J connectivity index is 1.20. The van der Waals surface area contributed by atoms with Crippen LogP contribution in [0, 0.1) is 0 Å². The third-order valence-electron chi connectivity index (χ3n) is 8.50. The molecule has 0 spiro atoms. The molecular formula is C30H41N9O. The second-order valence-electron chi connectivity index (χ2n) is 11.2. The van der Waals surface area contributed by atoms with Gasteiger partial charge in [0.25, 0.3) is 0 Å². The molecule has 10 nitrogen and oxygen atoms in total. The van der Waals surface area contributed by atoms with E-state index in [2.05, 4.69) is 67.7 Å². The summed E-state index contributed by atoms with van der Waals surface area (Å²) in [4.78, 5) is 16.6. The number of nitrogens with zero attached hydrogens (tertiary/aromatic N) is 7. The average molecular weight is 544 g/mol. The Hall–Kier alpha value is -3.63. The molecule has 0 bridgehead atoms. The molecule has 1 aliphatic carbocycles. The van der Waals surface area contributed by atoms with E-state index in [0.717, 1.165) is 85.2 Å². The van der Waals surface area contributed by atoms with Crippen LogP contribution in [0.25, 0.3) is 17.3 Å². The van der Waals surface area contributed by atoms with E-state index in [9.17, 15) is 0 Å². The predicted molar refractivity (Wildman–Crippen MR) is 158 cm³/mol. The molecule has 6 rings (SSSR count). The van der Waals surface area contributed by atoms with Gasteiger partial charge in [-0.3, -0.25) is 9.58 Å². The fourth-order valence-corrected chi connectivity index (χ4v) is 6.02. The first-order chi connectivity index (χ1) is 19.6. The van der Waals surface area contributed by atoms with Crippen molar-refractivity contribution in [1.82, 2.24) is 29.5 Å². The van der Waals surface area contributed by atoms with Gasteiger partial charge in [0, 0.05) is 68.1 Å². The number of aromatic nitrogens is 3. The Labute approximate surface area is 236 Å². The van der Waals surface area contributed by atoms with Gasteiger partial charge in [-0.2, -0.15) is 5.10 Å². The molecule has 3 aliphatic rings. The summed E-state index contributed by atoms with van der Waals surface area (Å²) in [6.45, 7) is 6.40. The van der Waals surface area contributed by atoms with Gasteiger partial charge >= 0.3 is 0 Å². The maximum Gasteiger partial charge on any atom is 0.197 e. The van der Waals surface area contributed by atoms with Crippen molar-refractivity contribution in [1.29, 1.82) is 0 Å². The number of benzene rings is 1. The first kappa shape index (κ1) is 26.6. The van der Waals surface area contributed by atoms with Crippen LogP contribution in [0.4, 0.5) is 11.5 Å². The summed E-state index contributed by atoms with van der Waals surface area (Å²) in [6.07, 6.45) is 13.8. The lowest BCUT2D eigenvalue weighted by Crippen LogP contribution is -2.50. The van der Waals surface area contributed by atoms with E-state index in [0.29, 0.717) is 11.9 Å². The summed E-state index contributed by atoms with van der Waals surface area (Å²) in [5.74, 6) is 1.22. The van der Waals surface area contributed by atoms with E-state index in [1.807, 2.05) is 16.9 Å². The zero-order valence-electron chi connectivity index (χ0n) is 23.7. The largest absolute Gasteiger partial charge is 0.495 e. The molecule has 2 fully saturated rings. The molecule has 3 aromatic rings. The number of ether oxygens (including phenoxy) is 1. The monoisotopic (exact) mass is 543 g/mol. The number of rotatable bonds is 8. The molecule has 10 heteroatoms. The maximum absolute atomic E-state index is 6.22. The highest BCUT2D eigenvalue weighted by Crippen LogP contribution is 2.33. The summed E-state index contributed by atoms with van der Waals surface area (Å²) in [7, 11) is 3.90. The van der Waals surface area contributed by atoms with Crippen molar-refractivity contribution in [3.8, 4) is 16.9 Å². The zero-order valence-corrected chi connectivity index (χ0v) is 23.7. The van der Waals surface area contributed by atoms with E-state index in [4.69, 9.17) is 15.5 Å². The van der Waals surface area contributed by atoms with Gasteiger partial charge in [0.15, 0.2) is 6.29 Å². The summed E-state index contributed by atoms with van der Waals surface area (Å²) in [6, 6.07) is 8.69. The molecule has 1 saturated heterocycles. The van der Waals surface area contributed by atoms with E-state index in [1.54, 1.807) is 13.3 Å². The molecule has 0 amide bonds. The van der Waals surface area contributed by atoms with Crippen LogP contribution < -0.4 is 26.4 Å². The molecule has 0 radical (unpaired) electrons. The molecule has 1 atom stereocenters. The van der Waals surface area contributed by atoms with Crippen molar-refractivity contribution in [3.63, 3.8) is 0 Å². The second-order valence-corrected chi connectivity index (χ2v) is 11.2. The number of anilines is 2. The number of hydrogen-bond acceptors (Lipinski definition) is 9. The molecule has 2 aliphatic heterocycles. The zero-order chi connectivity index (χ0) is 27.5. The SMILES string of the molecule is COc1cc(-c2cnn(CCN3CCN(C)CC3)c2)ccc1NC1N=c2c(N)nccc2=CN1C1CCCCC1. The van der Waals surface area contributed by atoms with Gasteiger partial charge in [0.05, 0.1) is 25.5 Å². The minimum absolute atomic E-state index is 0.292. The lowest BCUT2D eigenvalue weighted by Gasteiger charge is -2.39. The third kappa shape index (κ3) is 5.78. The number of nitrogens with one attached hydrogen (secondary N) is 1. The fraction of sp³-hybridized carbons (Fsp3) is 0.500. The Bertz CT molecular complexity index is 1420. The highest BCUT2D eigenvalue weighted by atomic mass is 16.5. The quantitative estimate of drug-likeness (QED) is 0.446. The Morgan fingerprint density at radius 1 is 1.02 bits per heavy atom. The molecule has 40 heavy (non-hydrogen) atoms. The minimum atomic E-state index is -0.292. The van der Waals surface area contributed by atoms with Crippen LogP contribution in [-0.4, -0.2) is 88.7 Å². The smallest absolute Gasteiger partial charge is 0.197 e. The van der Waals surface area contributed by atoms with E-state index >= 15 is 0 Å². The number of piperazine rings is 1. The minimum Gasteiger partial charge on any atom is -0.495 e. The van der Waals surface area contributed by atoms with Gasteiger partial charge in [0.1, 0.15) is 16.9 Å². The number of nitrogens with two attached hydrogens (primary N) is 1. The van der Waals surface area contributed by atoms with Gasteiger partial charge in [-0.1, -0.05) is 25.3 Å². The van der Waals surface area contributed by atoms with Crippen LogP contribution in [0.15, 0.2) is 47.8 Å². The highest BCUT2D eigenvalue weighted by Gasteiger charge is 2.28. The van der Waals surface area contributed by atoms with Gasteiger partial charge in [-0.25, -0.2) is 9.98 Å². The lowest BCUT2D eigenvalue weighted by atomic mass is 9.94. The third-order valence-corrected chi connectivity index (χ3v) is 8.50. The Morgan fingerprint density at radius 3 is 2.65 bits per heavy atom. The van der Waals surface area contributed by atoms with Gasteiger partial charge < -0.3 is 25.6 Å². The van der Waals surface area contributed by atoms with Crippen LogP contribution in [0.2, 0.25) is 0 Å². The number of pyridine rings is 1. The number of likely N-dealkylation sites (N-methyl/N-ethyl adjacent to an activating group) is 1. The summed E-state index contributed by atoms with van der Waals surface area (Å²) >= 11 is 0. The molecule has 2 aromatic heterocycles. The van der Waals surface area contributed by atoms with Crippen molar-refractivity contribution in [2.24, 2.45) is 4.99 Å². The van der Waals surface area contributed by atoms with Crippen LogP contribution in [0.1, 0.15) is 32.1 Å².